The Kier molecular flexibility index (Phi) is 6.97. The van der Waals surface area contributed by atoms with Gasteiger partial charge in [-0.15, -0.1) is 0 Å². The van der Waals surface area contributed by atoms with Gasteiger partial charge in [-0.2, -0.15) is 5.26 Å². The molecule has 4 heteroatoms. The zero-order valence-electron chi connectivity index (χ0n) is 32.8. The maximum Gasteiger partial charge on any atom is 0.140 e. The van der Waals surface area contributed by atoms with E-state index in [0.29, 0.717) is 5.56 Å². The number of hydrogen-bond donors (Lipinski definition) is 0. The van der Waals surface area contributed by atoms with E-state index in [-0.39, 0.29) is 0 Å². The van der Waals surface area contributed by atoms with Crippen LogP contribution in [0.15, 0.2) is 200 Å². The lowest BCUT2D eigenvalue weighted by Gasteiger charge is -2.40. The van der Waals surface area contributed by atoms with E-state index in [9.17, 15) is 5.26 Å². The minimum atomic E-state index is -0.579. The zero-order chi connectivity index (χ0) is 40.2. The lowest BCUT2D eigenvalue weighted by atomic mass is 9.65. The van der Waals surface area contributed by atoms with Gasteiger partial charge in [0.15, 0.2) is 0 Å². The number of hydrogen-bond acceptors (Lipinski definition) is 3. The van der Waals surface area contributed by atoms with Crippen LogP contribution in [0.4, 0.5) is 0 Å². The second-order valence-electron chi connectivity index (χ2n) is 16.1. The second kappa shape index (κ2) is 12.6. The molecule has 0 saturated heterocycles. The highest BCUT2D eigenvalue weighted by Gasteiger charge is 2.51. The number of benzene rings is 9. The Balaban J connectivity index is 1.06. The predicted octanol–water partition coefficient (Wildman–Crippen LogP) is 14.2. The van der Waals surface area contributed by atoms with Crippen LogP contribution in [0.5, 0.6) is 11.5 Å². The molecule has 0 amide bonds. The standard InChI is InChI=1S/C57H33N3O/c58-34-35-22-31-52-44(32-35)42-16-6-10-20-51(42)60(52)39-26-23-36(24-27-39)38-25-30-50-45(33-38)54-43(55(59-50)37-12-2-1-3-13-37)28-29-49-56(54)61-53-21-11-9-19-48(53)57(49)46-17-7-4-14-40(46)41-15-5-8-18-47(41)57/h1-33H. The fraction of sp³-hybridized carbons (Fsp3) is 0.0175. The monoisotopic (exact) mass is 775 g/mol. The van der Waals surface area contributed by atoms with E-state index in [1.54, 1.807) is 0 Å². The first-order valence-corrected chi connectivity index (χ1v) is 20.7. The van der Waals surface area contributed by atoms with Gasteiger partial charge >= 0.3 is 0 Å². The molecule has 13 rings (SSSR count). The molecule has 0 atom stereocenters. The second-order valence-corrected chi connectivity index (χ2v) is 16.1. The van der Waals surface area contributed by atoms with Crippen molar-refractivity contribution in [3.05, 3.63) is 228 Å². The summed E-state index contributed by atoms with van der Waals surface area (Å²) in [6.07, 6.45) is 0. The summed E-state index contributed by atoms with van der Waals surface area (Å²) in [5.74, 6) is 1.73. The van der Waals surface area contributed by atoms with E-state index < -0.39 is 5.41 Å². The molecule has 3 heterocycles. The Hall–Kier alpha value is -8.26. The van der Waals surface area contributed by atoms with Gasteiger partial charge in [0, 0.05) is 49.3 Å². The summed E-state index contributed by atoms with van der Waals surface area (Å²) in [6.45, 7) is 0. The van der Waals surface area contributed by atoms with Gasteiger partial charge in [0.25, 0.3) is 0 Å². The van der Waals surface area contributed by atoms with Crippen molar-refractivity contribution in [3.8, 4) is 56.8 Å². The van der Waals surface area contributed by atoms with Crippen LogP contribution in [-0.2, 0) is 5.41 Å². The molecule has 1 aliphatic carbocycles. The molecule has 11 aromatic rings. The number of fused-ring (bicyclic) bond motifs is 16. The van der Waals surface area contributed by atoms with E-state index in [2.05, 4.69) is 199 Å². The molecule has 0 unspecified atom stereocenters. The molecule has 0 fully saturated rings. The quantitative estimate of drug-likeness (QED) is 0.168. The Morgan fingerprint density at radius 3 is 1.93 bits per heavy atom. The molecule has 1 spiro atoms. The van der Waals surface area contributed by atoms with Crippen molar-refractivity contribution in [2.75, 3.05) is 0 Å². The minimum Gasteiger partial charge on any atom is -0.456 e. The molecule has 282 valence electrons. The number of pyridine rings is 1. The van der Waals surface area contributed by atoms with Gasteiger partial charge in [0.2, 0.25) is 0 Å². The largest absolute Gasteiger partial charge is 0.456 e. The number of ether oxygens (including phenoxy) is 1. The van der Waals surface area contributed by atoms with Crippen LogP contribution in [-0.4, -0.2) is 9.55 Å². The highest BCUT2D eigenvalue weighted by Crippen LogP contribution is 2.63. The van der Waals surface area contributed by atoms with Crippen LogP contribution >= 0.6 is 0 Å². The number of rotatable bonds is 3. The molecule has 0 bridgehead atoms. The van der Waals surface area contributed by atoms with E-state index in [1.807, 2.05) is 12.1 Å². The van der Waals surface area contributed by atoms with Crippen LogP contribution in [0.1, 0.15) is 27.8 Å². The number of para-hydroxylation sites is 2. The molecule has 9 aromatic carbocycles. The molecular weight excluding hydrogens is 743 g/mol. The first kappa shape index (κ1) is 33.7. The van der Waals surface area contributed by atoms with Gasteiger partial charge in [-0.1, -0.05) is 146 Å². The third-order valence-electron chi connectivity index (χ3n) is 13.1. The SMILES string of the molecule is N#Cc1ccc2c(c1)c1ccccc1n2-c1ccc(-c2ccc3nc(-c4ccccc4)c4ccc5c(c4c3c2)Oc2ccccc2C52c3ccccc3-c3ccccc32)cc1. The number of aromatic nitrogens is 2. The Labute approximate surface area is 351 Å². The van der Waals surface area contributed by atoms with Crippen LogP contribution in [0.3, 0.4) is 0 Å². The Morgan fingerprint density at radius 1 is 0.475 bits per heavy atom. The summed E-state index contributed by atoms with van der Waals surface area (Å²) >= 11 is 0. The van der Waals surface area contributed by atoms with Gasteiger partial charge in [0.05, 0.1) is 39.3 Å². The third kappa shape index (κ3) is 4.60. The summed E-state index contributed by atoms with van der Waals surface area (Å²) in [7, 11) is 0. The molecule has 0 N–H and O–H groups in total. The zero-order valence-corrected chi connectivity index (χ0v) is 32.8. The molecule has 2 aromatic heterocycles. The van der Waals surface area contributed by atoms with Crippen molar-refractivity contribution in [2.45, 2.75) is 5.41 Å². The Morgan fingerprint density at radius 2 is 1.15 bits per heavy atom. The van der Waals surface area contributed by atoms with Gasteiger partial charge in [-0.3, -0.25) is 0 Å². The van der Waals surface area contributed by atoms with Gasteiger partial charge in [-0.25, -0.2) is 4.98 Å². The maximum atomic E-state index is 9.67. The topological polar surface area (TPSA) is 50.8 Å². The highest BCUT2D eigenvalue weighted by atomic mass is 16.5. The van der Waals surface area contributed by atoms with Crippen LogP contribution in [0, 0.1) is 11.3 Å². The normalized spacial score (nSPS) is 13.2. The van der Waals surface area contributed by atoms with Crippen LogP contribution in [0.25, 0.3) is 82.7 Å². The van der Waals surface area contributed by atoms with Crippen molar-refractivity contribution in [2.24, 2.45) is 0 Å². The van der Waals surface area contributed by atoms with E-state index in [0.717, 1.165) is 94.2 Å². The molecule has 2 aliphatic rings. The fourth-order valence-electron chi connectivity index (χ4n) is 10.5. The lowest BCUT2D eigenvalue weighted by molar-refractivity contribution is 0.442. The molecular formula is C57H33N3O. The summed E-state index contributed by atoms with van der Waals surface area (Å²) in [6, 6.07) is 73.5. The van der Waals surface area contributed by atoms with Crippen LogP contribution < -0.4 is 4.74 Å². The van der Waals surface area contributed by atoms with E-state index in [4.69, 9.17) is 9.72 Å². The summed E-state index contributed by atoms with van der Waals surface area (Å²) in [4.78, 5) is 5.40. The van der Waals surface area contributed by atoms with Crippen molar-refractivity contribution >= 4 is 43.5 Å². The first-order chi connectivity index (χ1) is 30.2. The van der Waals surface area contributed by atoms with Crippen molar-refractivity contribution in [3.63, 3.8) is 0 Å². The summed E-state index contributed by atoms with van der Waals surface area (Å²) in [5, 5.41) is 15.0. The van der Waals surface area contributed by atoms with E-state index >= 15 is 0 Å². The number of nitrogens with zero attached hydrogens (tertiary/aromatic N) is 3. The summed E-state index contributed by atoms with van der Waals surface area (Å²) in [5.41, 5.74) is 15.7. The average Bonchev–Trinajstić information content (AvgIpc) is 3.82. The van der Waals surface area contributed by atoms with Gasteiger partial charge in [-0.05, 0) is 88.0 Å². The molecule has 1 aliphatic heterocycles. The van der Waals surface area contributed by atoms with Crippen molar-refractivity contribution in [1.29, 1.82) is 5.26 Å². The van der Waals surface area contributed by atoms with Crippen molar-refractivity contribution < 1.29 is 4.74 Å². The predicted molar refractivity (Wildman–Crippen MR) is 247 cm³/mol. The van der Waals surface area contributed by atoms with Gasteiger partial charge < -0.3 is 9.30 Å². The van der Waals surface area contributed by atoms with E-state index in [1.165, 1.54) is 22.3 Å². The first-order valence-electron chi connectivity index (χ1n) is 20.7. The molecule has 0 radical (unpaired) electrons. The maximum absolute atomic E-state index is 9.67. The summed E-state index contributed by atoms with van der Waals surface area (Å²) < 4.78 is 9.53. The third-order valence-corrected chi connectivity index (χ3v) is 13.1. The van der Waals surface area contributed by atoms with Gasteiger partial charge in [0.1, 0.15) is 11.5 Å². The Bertz CT molecular complexity index is 3640. The molecule has 0 saturated carbocycles. The van der Waals surface area contributed by atoms with Crippen LogP contribution in [0.2, 0.25) is 0 Å². The minimum absolute atomic E-state index is 0.579. The number of nitriles is 1. The molecule has 4 nitrogen and oxygen atoms in total. The fourth-order valence-corrected chi connectivity index (χ4v) is 10.5. The molecule has 61 heavy (non-hydrogen) atoms. The van der Waals surface area contributed by atoms with Crippen molar-refractivity contribution in [1.82, 2.24) is 9.55 Å². The highest BCUT2D eigenvalue weighted by molar-refractivity contribution is 6.16. The average molecular weight is 776 g/mol. The lowest BCUT2D eigenvalue weighted by Crippen LogP contribution is -2.32. The smallest absolute Gasteiger partial charge is 0.140 e.